The van der Waals surface area contributed by atoms with Crippen molar-refractivity contribution < 1.29 is 14.3 Å². The minimum atomic E-state index is -0.345. The van der Waals surface area contributed by atoms with Gasteiger partial charge in [-0.05, 0) is 0 Å². The summed E-state index contributed by atoms with van der Waals surface area (Å²) in [4.78, 5) is 16.4. The molecule has 3 heterocycles. The molecule has 0 unspecified atom stereocenters. The molecule has 1 aliphatic heterocycles. The van der Waals surface area contributed by atoms with Crippen LogP contribution in [-0.2, 0) is 7.05 Å². The van der Waals surface area contributed by atoms with Gasteiger partial charge in [0.2, 0.25) is 6.79 Å². The van der Waals surface area contributed by atoms with Gasteiger partial charge in [-0.15, -0.1) is 5.10 Å². The topological polar surface area (TPSA) is 91.2 Å². The van der Waals surface area contributed by atoms with Gasteiger partial charge in [0.05, 0.1) is 16.4 Å². The molecule has 1 aromatic carbocycles. The number of aromatic nitrogens is 4. The van der Waals surface area contributed by atoms with Gasteiger partial charge in [0.25, 0.3) is 5.91 Å². The van der Waals surface area contributed by atoms with Gasteiger partial charge in [-0.25, -0.2) is 4.98 Å². The summed E-state index contributed by atoms with van der Waals surface area (Å²) in [6, 6.07) is 3.65. The van der Waals surface area contributed by atoms with E-state index in [0.717, 1.165) is 10.2 Å². The zero-order valence-electron chi connectivity index (χ0n) is 10.9. The van der Waals surface area contributed by atoms with Gasteiger partial charge in [0, 0.05) is 19.2 Å². The molecule has 2 aromatic heterocycles. The zero-order chi connectivity index (χ0) is 14.4. The van der Waals surface area contributed by atoms with Crippen molar-refractivity contribution in [2.45, 2.75) is 0 Å². The molecule has 0 radical (unpaired) electrons. The first-order valence-corrected chi connectivity index (χ1v) is 6.88. The van der Waals surface area contributed by atoms with Crippen molar-refractivity contribution in [1.29, 1.82) is 0 Å². The van der Waals surface area contributed by atoms with Crippen LogP contribution in [0.1, 0.15) is 10.5 Å². The lowest BCUT2D eigenvalue weighted by atomic mass is 10.3. The zero-order valence-corrected chi connectivity index (χ0v) is 11.7. The Labute approximate surface area is 122 Å². The lowest BCUT2D eigenvalue weighted by Gasteiger charge is -1.95. The number of amides is 1. The van der Waals surface area contributed by atoms with Crippen molar-refractivity contribution in [2.75, 3.05) is 12.1 Å². The molecule has 0 saturated heterocycles. The first-order valence-electron chi connectivity index (χ1n) is 6.07. The van der Waals surface area contributed by atoms with E-state index in [2.05, 4.69) is 20.6 Å². The molecule has 8 nitrogen and oxygen atoms in total. The van der Waals surface area contributed by atoms with E-state index in [1.54, 1.807) is 19.3 Å². The molecule has 0 spiro atoms. The van der Waals surface area contributed by atoms with Crippen LogP contribution in [-0.4, -0.2) is 32.7 Å². The number of anilines is 1. The number of aryl methyl sites for hydroxylation is 1. The minimum absolute atomic E-state index is 0.225. The molecule has 1 aliphatic rings. The Morgan fingerprint density at radius 1 is 1.38 bits per heavy atom. The Balaban J connectivity index is 1.64. The molecule has 0 fully saturated rings. The highest BCUT2D eigenvalue weighted by molar-refractivity contribution is 7.22. The van der Waals surface area contributed by atoms with Crippen LogP contribution in [0.2, 0.25) is 0 Å². The summed E-state index contributed by atoms with van der Waals surface area (Å²) in [5.41, 5.74) is 0.990. The highest BCUT2D eigenvalue weighted by Crippen LogP contribution is 2.38. The first kappa shape index (κ1) is 12.1. The summed E-state index contributed by atoms with van der Waals surface area (Å²) in [6.45, 7) is 0.225. The van der Waals surface area contributed by atoms with Crippen LogP contribution < -0.4 is 14.8 Å². The van der Waals surface area contributed by atoms with Crippen LogP contribution in [0.3, 0.4) is 0 Å². The van der Waals surface area contributed by atoms with Crippen molar-refractivity contribution in [3.63, 3.8) is 0 Å². The predicted octanol–water partition coefficient (Wildman–Crippen LogP) is 1.41. The van der Waals surface area contributed by atoms with Gasteiger partial charge >= 0.3 is 0 Å². The quantitative estimate of drug-likeness (QED) is 0.769. The van der Waals surface area contributed by atoms with Crippen LogP contribution >= 0.6 is 11.3 Å². The number of benzene rings is 1. The number of hydrogen-bond donors (Lipinski definition) is 1. The van der Waals surface area contributed by atoms with Gasteiger partial charge < -0.3 is 9.47 Å². The fourth-order valence-corrected chi connectivity index (χ4v) is 2.86. The third kappa shape index (κ3) is 2.07. The molecule has 0 bridgehead atoms. The molecule has 9 heteroatoms. The number of carbonyl (C=O) groups is 1. The van der Waals surface area contributed by atoms with E-state index in [9.17, 15) is 4.79 Å². The predicted molar refractivity (Wildman–Crippen MR) is 74.7 cm³/mol. The summed E-state index contributed by atoms with van der Waals surface area (Å²) in [5, 5.41) is 10.7. The lowest BCUT2D eigenvalue weighted by Crippen LogP contribution is -2.12. The Bertz CT molecular complexity index is 815. The maximum absolute atomic E-state index is 12.0. The van der Waals surface area contributed by atoms with Crippen molar-refractivity contribution in [3.8, 4) is 11.5 Å². The van der Waals surface area contributed by atoms with Crippen LogP contribution in [0.15, 0.2) is 18.3 Å². The van der Waals surface area contributed by atoms with Gasteiger partial charge in [0.1, 0.15) is 0 Å². The third-order valence-corrected chi connectivity index (χ3v) is 3.87. The SMILES string of the molecule is Cn1cc(C(=O)Nc2nc3cc4c(cc3s2)OCO4)nn1. The smallest absolute Gasteiger partial charge is 0.279 e. The maximum Gasteiger partial charge on any atom is 0.279 e. The minimum Gasteiger partial charge on any atom is -0.454 e. The highest BCUT2D eigenvalue weighted by atomic mass is 32.1. The Hall–Kier alpha value is -2.68. The standard InChI is InChI=1S/C12H9N5O3S/c1-17-4-7(15-16-17)11(18)14-12-13-6-2-8-9(20-5-19-8)3-10(6)21-12/h2-4H,5H2,1H3,(H,13,14,18). The number of nitrogens with one attached hydrogen (secondary N) is 1. The number of thiazole rings is 1. The van der Waals surface area contributed by atoms with Crippen molar-refractivity contribution in [1.82, 2.24) is 20.0 Å². The van der Waals surface area contributed by atoms with Gasteiger partial charge in [-0.1, -0.05) is 16.6 Å². The van der Waals surface area contributed by atoms with Crippen LogP contribution in [0, 0.1) is 0 Å². The Morgan fingerprint density at radius 2 is 2.19 bits per heavy atom. The van der Waals surface area contributed by atoms with E-state index in [1.807, 2.05) is 6.07 Å². The van der Waals surface area contributed by atoms with Crippen molar-refractivity contribution in [2.24, 2.45) is 7.05 Å². The highest BCUT2D eigenvalue weighted by Gasteiger charge is 2.18. The van der Waals surface area contributed by atoms with Crippen LogP contribution in [0.4, 0.5) is 5.13 Å². The molecule has 0 saturated carbocycles. The lowest BCUT2D eigenvalue weighted by molar-refractivity contribution is 0.102. The third-order valence-electron chi connectivity index (χ3n) is 2.94. The summed E-state index contributed by atoms with van der Waals surface area (Å²) < 4.78 is 13.0. The molecule has 4 rings (SSSR count). The Kier molecular flexibility index (Phi) is 2.54. The van der Waals surface area contributed by atoms with Crippen LogP contribution in [0.5, 0.6) is 11.5 Å². The summed E-state index contributed by atoms with van der Waals surface area (Å²) in [6.07, 6.45) is 1.54. The largest absolute Gasteiger partial charge is 0.454 e. The average molecular weight is 303 g/mol. The van der Waals surface area contributed by atoms with E-state index < -0.39 is 0 Å². The van der Waals surface area contributed by atoms with Crippen molar-refractivity contribution in [3.05, 3.63) is 24.0 Å². The Morgan fingerprint density at radius 3 is 2.95 bits per heavy atom. The molecular weight excluding hydrogens is 294 g/mol. The molecule has 0 atom stereocenters. The second-order valence-corrected chi connectivity index (χ2v) is 5.45. The summed E-state index contributed by atoms with van der Waals surface area (Å²) in [7, 11) is 1.70. The molecule has 3 aromatic rings. The average Bonchev–Trinajstić information content (AvgIpc) is 3.14. The van der Waals surface area contributed by atoms with Gasteiger partial charge in [-0.3, -0.25) is 14.8 Å². The van der Waals surface area contributed by atoms with E-state index in [-0.39, 0.29) is 18.4 Å². The maximum atomic E-state index is 12.0. The molecule has 106 valence electrons. The molecule has 1 N–H and O–H groups in total. The molecule has 1 amide bonds. The van der Waals surface area contributed by atoms with Gasteiger partial charge in [0.15, 0.2) is 22.3 Å². The van der Waals surface area contributed by atoms with E-state index >= 15 is 0 Å². The monoisotopic (exact) mass is 303 g/mol. The number of ether oxygens (including phenoxy) is 2. The van der Waals surface area contributed by atoms with Gasteiger partial charge in [-0.2, -0.15) is 0 Å². The van der Waals surface area contributed by atoms with Crippen molar-refractivity contribution >= 4 is 32.6 Å². The molecule has 0 aliphatic carbocycles. The van der Waals surface area contributed by atoms with Crippen LogP contribution in [0.25, 0.3) is 10.2 Å². The molecular formula is C12H9N5O3S. The second-order valence-electron chi connectivity index (χ2n) is 4.42. The number of nitrogens with zero attached hydrogens (tertiary/aromatic N) is 4. The van der Waals surface area contributed by atoms with E-state index in [4.69, 9.17) is 9.47 Å². The summed E-state index contributed by atoms with van der Waals surface area (Å²) in [5.74, 6) is 1.01. The number of hydrogen-bond acceptors (Lipinski definition) is 7. The normalized spacial score (nSPS) is 12.8. The number of fused-ring (bicyclic) bond motifs is 2. The fraction of sp³-hybridized carbons (Fsp3) is 0.167. The fourth-order valence-electron chi connectivity index (χ4n) is 1.98. The number of carbonyl (C=O) groups excluding carboxylic acids is 1. The second kappa shape index (κ2) is 4.42. The summed E-state index contributed by atoms with van der Waals surface area (Å²) >= 11 is 1.36. The number of rotatable bonds is 2. The van der Waals surface area contributed by atoms with E-state index in [0.29, 0.717) is 16.6 Å². The first-order chi connectivity index (χ1) is 10.2. The molecule has 21 heavy (non-hydrogen) atoms. The van der Waals surface area contributed by atoms with E-state index in [1.165, 1.54) is 16.0 Å².